The monoisotopic (exact) mass is 276 g/mol. The molecule has 1 aliphatic heterocycles. The van der Waals surface area contributed by atoms with Gasteiger partial charge < -0.3 is 15.3 Å². The summed E-state index contributed by atoms with van der Waals surface area (Å²) in [7, 11) is 0. The molecule has 0 radical (unpaired) electrons. The van der Waals surface area contributed by atoms with Gasteiger partial charge in [-0.3, -0.25) is 9.59 Å². The Hall–Kier alpha value is -2.04. The van der Waals surface area contributed by atoms with Gasteiger partial charge >= 0.3 is 0 Å². The Bertz CT molecular complexity index is 520. The van der Waals surface area contributed by atoms with Crippen LogP contribution in [-0.4, -0.2) is 41.0 Å². The number of amides is 2. The van der Waals surface area contributed by atoms with Gasteiger partial charge in [0.15, 0.2) is 0 Å². The first-order valence-corrected chi connectivity index (χ1v) is 6.83. The molecule has 0 bridgehead atoms. The van der Waals surface area contributed by atoms with Crippen LogP contribution >= 0.6 is 0 Å². The number of carbonyl (C=O) groups is 2. The molecule has 2 rings (SSSR count). The Kier molecular flexibility index (Phi) is 4.27. The Morgan fingerprint density at radius 2 is 1.95 bits per heavy atom. The van der Waals surface area contributed by atoms with Crippen molar-refractivity contribution in [2.24, 2.45) is 0 Å². The van der Waals surface area contributed by atoms with E-state index in [0.717, 1.165) is 18.4 Å². The van der Waals surface area contributed by atoms with Gasteiger partial charge in [-0.05, 0) is 43.5 Å². The number of aryl methyl sites for hydroxylation is 1. The minimum atomic E-state index is -0.0239. The van der Waals surface area contributed by atoms with E-state index in [1.165, 1.54) is 13.0 Å². The molecule has 0 aliphatic carbocycles. The number of nitrogens with one attached hydrogen (secondary N) is 1. The molecule has 5 nitrogen and oxygen atoms in total. The van der Waals surface area contributed by atoms with Crippen molar-refractivity contribution >= 4 is 11.8 Å². The zero-order valence-corrected chi connectivity index (χ0v) is 11.8. The van der Waals surface area contributed by atoms with Crippen molar-refractivity contribution in [3.8, 4) is 5.75 Å². The van der Waals surface area contributed by atoms with Crippen LogP contribution in [0.2, 0.25) is 0 Å². The molecule has 108 valence electrons. The molecule has 20 heavy (non-hydrogen) atoms. The molecule has 0 unspecified atom stereocenters. The molecular weight excluding hydrogens is 256 g/mol. The lowest BCUT2D eigenvalue weighted by Gasteiger charge is -2.32. The summed E-state index contributed by atoms with van der Waals surface area (Å²) < 4.78 is 0. The molecule has 1 aromatic carbocycles. The van der Waals surface area contributed by atoms with E-state index in [1.807, 2.05) is 6.92 Å². The predicted molar refractivity (Wildman–Crippen MR) is 75.6 cm³/mol. The van der Waals surface area contributed by atoms with E-state index in [0.29, 0.717) is 18.7 Å². The predicted octanol–water partition coefficient (Wildman–Crippen LogP) is 1.44. The van der Waals surface area contributed by atoms with Crippen LogP contribution in [0.5, 0.6) is 5.75 Å². The molecule has 0 spiro atoms. The number of aromatic hydroxyl groups is 1. The van der Waals surface area contributed by atoms with Crippen LogP contribution in [0, 0.1) is 6.92 Å². The average Bonchev–Trinajstić information content (AvgIpc) is 2.38. The first kappa shape index (κ1) is 14.4. The van der Waals surface area contributed by atoms with Crippen LogP contribution in [0.3, 0.4) is 0 Å². The van der Waals surface area contributed by atoms with Gasteiger partial charge in [0.2, 0.25) is 5.91 Å². The van der Waals surface area contributed by atoms with Crippen molar-refractivity contribution in [2.45, 2.75) is 32.7 Å². The highest BCUT2D eigenvalue weighted by atomic mass is 16.3. The molecule has 2 N–H and O–H groups in total. The molecule has 1 heterocycles. The first-order valence-electron chi connectivity index (χ1n) is 6.83. The fourth-order valence-corrected chi connectivity index (χ4v) is 2.57. The summed E-state index contributed by atoms with van der Waals surface area (Å²) in [5.74, 6) is 0.136. The summed E-state index contributed by atoms with van der Waals surface area (Å²) in [5, 5.41) is 12.3. The van der Waals surface area contributed by atoms with Crippen molar-refractivity contribution < 1.29 is 14.7 Å². The van der Waals surface area contributed by atoms with Crippen molar-refractivity contribution in [2.75, 3.05) is 13.1 Å². The standard InChI is InChI=1S/C15H20N2O3/c1-10-9-13(19)3-4-14(10)15(20)17-7-5-12(6-8-17)16-11(2)18/h3-4,9,12,19H,5-8H2,1-2H3,(H,16,18). The lowest BCUT2D eigenvalue weighted by Crippen LogP contribution is -2.46. The molecule has 1 aromatic rings. The molecule has 0 saturated carbocycles. The minimum Gasteiger partial charge on any atom is -0.508 e. The van der Waals surface area contributed by atoms with Gasteiger partial charge in [-0.1, -0.05) is 0 Å². The largest absolute Gasteiger partial charge is 0.508 e. The number of benzene rings is 1. The highest BCUT2D eigenvalue weighted by Gasteiger charge is 2.24. The van der Waals surface area contributed by atoms with E-state index in [2.05, 4.69) is 5.32 Å². The average molecular weight is 276 g/mol. The van der Waals surface area contributed by atoms with Crippen molar-refractivity contribution in [1.82, 2.24) is 10.2 Å². The molecular formula is C15H20N2O3. The summed E-state index contributed by atoms with van der Waals surface area (Å²) in [5.41, 5.74) is 1.40. The number of phenols is 1. The van der Waals surface area contributed by atoms with E-state index in [-0.39, 0.29) is 23.6 Å². The SMILES string of the molecule is CC(=O)NC1CCN(C(=O)c2ccc(O)cc2C)CC1. The fourth-order valence-electron chi connectivity index (χ4n) is 2.57. The second-order valence-corrected chi connectivity index (χ2v) is 5.27. The first-order chi connectivity index (χ1) is 9.47. The van der Waals surface area contributed by atoms with Crippen LogP contribution in [0.4, 0.5) is 0 Å². The van der Waals surface area contributed by atoms with Crippen molar-refractivity contribution in [1.29, 1.82) is 0 Å². The number of hydrogen-bond acceptors (Lipinski definition) is 3. The molecule has 0 aromatic heterocycles. The van der Waals surface area contributed by atoms with E-state index < -0.39 is 0 Å². The third kappa shape index (κ3) is 3.29. The van der Waals surface area contributed by atoms with Gasteiger partial charge in [0.25, 0.3) is 5.91 Å². The number of phenolic OH excluding ortho intramolecular Hbond substituents is 1. The van der Waals surface area contributed by atoms with E-state index in [1.54, 1.807) is 17.0 Å². The number of likely N-dealkylation sites (tertiary alicyclic amines) is 1. The second-order valence-electron chi connectivity index (χ2n) is 5.27. The van der Waals surface area contributed by atoms with Crippen molar-refractivity contribution in [3.05, 3.63) is 29.3 Å². The number of carbonyl (C=O) groups excluding carboxylic acids is 2. The molecule has 1 aliphatic rings. The summed E-state index contributed by atoms with van der Waals surface area (Å²) in [6.07, 6.45) is 1.56. The van der Waals surface area contributed by atoms with Crippen LogP contribution < -0.4 is 5.32 Å². The molecule has 5 heteroatoms. The topological polar surface area (TPSA) is 69.6 Å². The number of piperidine rings is 1. The highest BCUT2D eigenvalue weighted by Crippen LogP contribution is 2.19. The second kappa shape index (κ2) is 5.94. The maximum Gasteiger partial charge on any atom is 0.254 e. The smallest absolute Gasteiger partial charge is 0.254 e. The molecule has 0 atom stereocenters. The maximum atomic E-state index is 12.4. The zero-order chi connectivity index (χ0) is 14.7. The Morgan fingerprint density at radius 1 is 1.30 bits per heavy atom. The highest BCUT2D eigenvalue weighted by molar-refractivity contribution is 5.95. The van der Waals surface area contributed by atoms with E-state index >= 15 is 0 Å². The Balaban J connectivity index is 1.99. The van der Waals surface area contributed by atoms with Gasteiger partial charge in [0.1, 0.15) is 5.75 Å². The third-order valence-corrected chi connectivity index (χ3v) is 3.63. The van der Waals surface area contributed by atoms with Gasteiger partial charge in [-0.25, -0.2) is 0 Å². The Morgan fingerprint density at radius 3 is 2.50 bits per heavy atom. The Labute approximate surface area is 118 Å². The lowest BCUT2D eigenvalue weighted by molar-refractivity contribution is -0.119. The molecule has 1 saturated heterocycles. The van der Waals surface area contributed by atoms with E-state index in [4.69, 9.17) is 0 Å². The minimum absolute atomic E-state index is 0.0104. The summed E-state index contributed by atoms with van der Waals surface area (Å²) in [6, 6.07) is 4.95. The summed E-state index contributed by atoms with van der Waals surface area (Å²) in [6.45, 7) is 4.61. The van der Waals surface area contributed by atoms with Gasteiger partial charge in [0.05, 0.1) is 0 Å². The lowest BCUT2D eigenvalue weighted by atomic mass is 10.0. The quantitative estimate of drug-likeness (QED) is 0.858. The number of nitrogens with zero attached hydrogens (tertiary/aromatic N) is 1. The van der Waals surface area contributed by atoms with Crippen LogP contribution in [0.1, 0.15) is 35.7 Å². The van der Waals surface area contributed by atoms with Crippen LogP contribution in [0.25, 0.3) is 0 Å². The van der Waals surface area contributed by atoms with Gasteiger partial charge in [-0.2, -0.15) is 0 Å². The van der Waals surface area contributed by atoms with Gasteiger partial charge in [0, 0.05) is 31.6 Å². The summed E-state index contributed by atoms with van der Waals surface area (Å²) in [4.78, 5) is 25.2. The van der Waals surface area contributed by atoms with E-state index in [9.17, 15) is 14.7 Å². The maximum absolute atomic E-state index is 12.4. The molecule has 1 fully saturated rings. The number of rotatable bonds is 2. The zero-order valence-electron chi connectivity index (χ0n) is 11.8. The van der Waals surface area contributed by atoms with Crippen LogP contribution in [-0.2, 0) is 4.79 Å². The third-order valence-electron chi connectivity index (χ3n) is 3.63. The summed E-state index contributed by atoms with van der Waals surface area (Å²) >= 11 is 0. The normalized spacial score (nSPS) is 16.0. The van der Waals surface area contributed by atoms with Crippen LogP contribution in [0.15, 0.2) is 18.2 Å². The fraction of sp³-hybridized carbons (Fsp3) is 0.467. The van der Waals surface area contributed by atoms with Crippen molar-refractivity contribution in [3.63, 3.8) is 0 Å². The molecule has 2 amide bonds. The van der Waals surface area contributed by atoms with Gasteiger partial charge in [-0.15, -0.1) is 0 Å². The number of hydrogen-bond donors (Lipinski definition) is 2.